The summed E-state index contributed by atoms with van der Waals surface area (Å²) in [5.41, 5.74) is 11.4. The molecule has 0 radical (unpaired) electrons. The van der Waals surface area contributed by atoms with Gasteiger partial charge in [0.1, 0.15) is 0 Å². The van der Waals surface area contributed by atoms with Gasteiger partial charge in [-0.2, -0.15) is 0 Å². The third-order valence-corrected chi connectivity index (χ3v) is 7.47. The van der Waals surface area contributed by atoms with Crippen LogP contribution in [0.15, 0.2) is 37.0 Å². The number of fused-ring (bicyclic) bond motifs is 1. The predicted octanol–water partition coefficient (Wildman–Crippen LogP) is 4.50. The van der Waals surface area contributed by atoms with E-state index in [1.165, 1.54) is 0 Å². The van der Waals surface area contributed by atoms with E-state index in [-0.39, 0.29) is 11.9 Å². The lowest BCUT2D eigenvalue weighted by atomic mass is 9.96. The number of anilines is 2. The number of hydrogen-bond acceptors (Lipinski definition) is 7. The van der Waals surface area contributed by atoms with Gasteiger partial charge >= 0.3 is 0 Å². The summed E-state index contributed by atoms with van der Waals surface area (Å²) < 4.78 is 5.14. The van der Waals surface area contributed by atoms with Crippen LogP contribution in [0.3, 0.4) is 0 Å². The number of benzene rings is 1. The smallest absolute Gasteiger partial charge is 0.225 e. The molecule has 0 spiro atoms. The fraction of sp³-hybridized carbons (Fsp3) is 0.448. The molecular formula is C29H36N6O2. The van der Waals surface area contributed by atoms with Crippen LogP contribution in [0.25, 0.3) is 28.1 Å². The van der Waals surface area contributed by atoms with Crippen LogP contribution in [0.2, 0.25) is 0 Å². The first-order valence-electron chi connectivity index (χ1n) is 13.1. The van der Waals surface area contributed by atoms with Gasteiger partial charge in [-0.3, -0.25) is 4.79 Å². The summed E-state index contributed by atoms with van der Waals surface area (Å²) in [6.45, 7) is 10.6. The van der Waals surface area contributed by atoms with Crippen molar-refractivity contribution < 1.29 is 9.53 Å². The number of nitrogens with two attached hydrogens (primary N) is 1. The molecule has 2 fully saturated rings. The van der Waals surface area contributed by atoms with Crippen molar-refractivity contribution in [1.82, 2.24) is 19.9 Å². The molecule has 2 aromatic heterocycles. The molecule has 1 saturated heterocycles. The Balaban J connectivity index is 1.50. The molecule has 37 heavy (non-hydrogen) atoms. The van der Waals surface area contributed by atoms with Gasteiger partial charge in [-0.05, 0) is 42.5 Å². The fourth-order valence-electron chi connectivity index (χ4n) is 5.29. The summed E-state index contributed by atoms with van der Waals surface area (Å²) in [4.78, 5) is 31.4. The van der Waals surface area contributed by atoms with Gasteiger partial charge in [-0.25, -0.2) is 15.0 Å². The van der Waals surface area contributed by atoms with Crippen LogP contribution in [0.1, 0.15) is 50.5 Å². The Bertz CT molecular complexity index is 1320. The number of piperazine rings is 1. The molecule has 3 aromatic rings. The topological polar surface area (TPSA) is 97.5 Å². The second-order valence-electron chi connectivity index (χ2n) is 10.4. The van der Waals surface area contributed by atoms with Crippen LogP contribution < -0.4 is 10.6 Å². The third-order valence-electron chi connectivity index (χ3n) is 7.47. The molecule has 194 valence electrons. The summed E-state index contributed by atoms with van der Waals surface area (Å²) in [5, 5.41) is 0.979. The van der Waals surface area contributed by atoms with E-state index in [4.69, 9.17) is 15.5 Å². The first kappa shape index (κ1) is 25.1. The number of rotatable bonds is 8. The number of aromatic nitrogens is 3. The van der Waals surface area contributed by atoms with Crippen LogP contribution in [-0.4, -0.2) is 65.2 Å². The number of carbonyl (C=O) groups excluding carboxylic acids is 1. The molecule has 1 saturated carbocycles. The summed E-state index contributed by atoms with van der Waals surface area (Å²) in [6, 6.07) is 8.28. The van der Waals surface area contributed by atoms with E-state index in [2.05, 4.69) is 47.4 Å². The molecule has 2 aliphatic rings. The van der Waals surface area contributed by atoms with Crippen molar-refractivity contribution in [3.8, 4) is 11.1 Å². The van der Waals surface area contributed by atoms with Gasteiger partial charge in [0.15, 0.2) is 11.6 Å². The van der Waals surface area contributed by atoms with Crippen molar-refractivity contribution >= 4 is 34.4 Å². The molecule has 2 N–H and O–H groups in total. The average molecular weight is 501 g/mol. The highest BCUT2D eigenvalue weighted by molar-refractivity contribution is 5.96. The van der Waals surface area contributed by atoms with E-state index in [0.29, 0.717) is 56.0 Å². The number of methoxy groups -OCH3 is 1. The van der Waals surface area contributed by atoms with Crippen molar-refractivity contribution in [2.75, 3.05) is 44.0 Å². The van der Waals surface area contributed by atoms with Gasteiger partial charge in [0.05, 0.1) is 36.0 Å². The van der Waals surface area contributed by atoms with Crippen LogP contribution >= 0.6 is 0 Å². The molecular weight excluding hydrogens is 464 g/mol. The zero-order chi connectivity index (χ0) is 26.1. The maximum atomic E-state index is 12.9. The molecule has 5 rings (SSSR count). The Morgan fingerprint density at radius 2 is 2.05 bits per heavy atom. The number of amides is 1. The maximum absolute atomic E-state index is 12.9. The summed E-state index contributed by atoms with van der Waals surface area (Å²) in [6.07, 6.45) is 6.18. The highest BCUT2D eigenvalue weighted by Gasteiger charge is 2.35. The van der Waals surface area contributed by atoms with Crippen molar-refractivity contribution in [1.29, 1.82) is 0 Å². The van der Waals surface area contributed by atoms with Crippen LogP contribution in [0, 0.1) is 5.92 Å². The van der Waals surface area contributed by atoms with Crippen LogP contribution in [-0.2, 0) is 9.53 Å². The Morgan fingerprint density at radius 3 is 2.76 bits per heavy atom. The molecule has 1 atom stereocenters. The van der Waals surface area contributed by atoms with Crippen LogP contribution in [0.4, 0.5) is 11.5 Å². The molecule has 8 nitrogen and oxygen atoms in total. The van der Waals surface area contributed by atoms with E-state index in [0.717, 1.165) is 46.4 Å². The van der Waals surface area contributed by atoms with Crippen molar-refractivity contribution in [3.05, 3.63) is 48.6 Å². The van der Waals surface area contributed by atoms with Crippen molar-refractivity contribution in [2.45, 2.75) is 45.1 Å². The molecule has 3 heterocycles. The summed E-state index contributed by atoms with van der Waals surface area (Å²) in [5.74, 6) is 2.32. The van der Waals surface area contributed by atoms with Gasteiger partial charge in [-0.15, -0.1) is 0 Å². The molecule has 8 heteroatoms. The third kappa shape index (κ3) is 5.03. The number of pyridine rings is 1. The normalized spacial score (nSPS) is 18.0. The number of hydrogen-bond donors (Lipinski definition) is 1. The Hall–Kier alpha value is -3.52. The van der Waals surface area contributed by atoms with Gasteiger partial charge < -0.3 is 20.3 Å². The number of carbonyl (C=O) groups is 1. The van der Waals surface area contributed by atoms with Gasteiger partial charge in [0.25, 0.3) is 0 Å². The SMILES string of the molecule is C=Cc1ncc2c(-c3cc(N)c(N4CCN(C(=O)CCOC)[C@H](C(C)C)C4)nc3C3CC3)cccc2n1. The zero-order valence-corrected chi connectivity index (χ0v) is 22.0. The zero-order valence-electron chi connectivity index (χ0n) is 22.0. The maximum Gasteiger partial charge on any atom is 0.225 e. The van der Waals surface area contributed by atoms with E-state index in [9.17, 15) is 4.79 Å². The summed E-state index contributed by atoms with van der Waals surface area (Å²) in [7, 11) is 1.63. The Kier molecular flexibility index (Phi) is 7.11. The van der Waals surface area contributed by atoms with E-state index >= 15 is 0 Å². The quantitative estimate of drug-likeness (QED) is 0.486. The van der Waals surface area contributed by atoms with Gasteiger partial charge in [0, 0.05) is 49.8 Å². The van der Waals surface area contributed by atoms with Crippen molar-refractivity contribution in [3.63, 3.8) is 0 Å². The minimum Gasteiger partial charge on any atom is -0.396 e. The van der Waals surface area contributed by atoms with E-state index in [1.807, 2.05) is 23.2 Å². The monoisotopic (exact) mass is 500 g/mol. The molecule has 1 aliphatic carbocycles. The Labute approximate surface area is 218 Å². The fourth-order valence-corrected chi connectivity index (χ4v) is 5.29. The lowest BCUT2D eigenvalue weighted by Crippen LogP contribution is -2.57. The lowest BCUT2D eigenvalue weighted by Gasteiger charge is -2.44. The highest BCUT2D eigenvalue weighted by atomic mass is 16.5. The highest BCUT2D eigenvalue weighted by Crippen LogP contribution is 2.46. The van der Waals surface area contributed by atoms with E-state index in [1.54, 1.807) is 13.2 Å². The largest absolute Gasteiger partial charge is 0.396 e. The second kappa shape index (κ2) is 10.5. The molecule has 1 amide bonds. The number of nitrogen functional groups attached to an aromatic ring is 1. The van der Waals surface area contributed by atoms with Gasteiger partial charge in [-0.1, -0.05) is 32.6 Å². The van der Waals surface area contributed by atoms with Crippen molar-refractivity contribution in [2.24, 2.45) is 5.92 Å². The standard InChI is InChI=1S/C29H36N6O2/c1-5-26-31-16-22-20(7-6-8-24(22)32-26)21-15-23(30)29(33-28(21)19-9-10-19)34-12-13-35(25(17-34)18(2)3)27(36)11-14-37-4/h5-8,15-16,18-19,25H,1,9-14,17,30H2,2-4H3/t25-/m0/s1. The Morgan fingerprint density at radius 1 is 1.24 bits per heavy atom. The molecule has 0 bridgehead atoms. The molecule has 0 unspecified atom stereocenters. The summed E-state index contributed by atoms with van der Waals surface area (Å²) >= 11 is 0. The number of nitrogens with zero attached hydrogens (tertiary/aromatic N) is 5. The predicted molar refractivity (Wildman–Crippen MR) is 148 cm³/mol. The van der Waals surface area contributed by atoms with Gasteiger partial charge in [0.2, 0.25) is 5.91 Å². The average Bonchev–Trinajstić information content (AvgIpc) is 3.76. The minimum atomic E-state index is 0.0950. The molecule has 1 aliphatic heterocycles. The first-order chi connectivity index (χ1) is 17.9. The van der Waals surface area contributed by atoms with Crippen LogP contribution in [0.5, 0.6) is 0 Å². The second-order valence-corrected chi connectivity index (χ2v) is 10.4. The first-order valence-corrected chi connectivity index (χ1v) is 13.1. The number of ether oxygens (including phenoxy) is 1. The molecule has 1 aromatic carbocycles. The minimum absolute atomic E-state index is 0.0950. The lowest BCUT2D eigenvalue weighted by molar-refractivity contribution is -0.135. The van der Waals surface area contributed by atoms with E-state index < -0.39 is 0 Å².